The van der Waals surface area contributed by atoms with E-state index >= 15 is 0 Å². The zero-order valence-corrected chi connectivity index (χ0v) is 15.7. The fourth-order valence-electron chi connectivity index (χ4n) is 2.28. The van der Waals surface area contributed by atoms with Crippen LogP contribution in [0.1, 0.15) is 21.7 Å². The molecule has 0 radical (unpaired) electrons. The van der Waals surface area contributed by atoms with Crippen molar-refractivity contribution < 1.29 is 17.6 Å². The summed E-state index contributed by atoms with van der Waals surface area (Å²) in [5.41, 5.74) is 2.32. The molecule has 3 aromatic rings. The SMILES string of the molecule is Cc1ccc(S(=O)(=O)c2ccc(C(=O)Nc3ccc(C)c(Cl)c3)o2)cc1. The van der Waals surface area contributed by atoms with Gasteiger partial charge >= 0.3 is 0 Å². The van der Waals surface area contributed by atoms with Gasteiger partial charge in [0.25, 0.3) is 5.91 Å². The molecule has 1 N–H and O–H groups in total. The first-order valence-corrected chi connectivity index (χ1v) is 9.62. The topological polar surface area (TPSA) is 76.4 Å². The number of carbonyl (C=O) groups is 1. The van der Waals surface area contributed by atoms with Crippen molar-refractivity contribution in [2.75, 3.05) is 5.32 Å². The Balaban J connectivity index is 1.83. The summed E-state index contributed by atoms with van der Waals surface area (Å²) in [7, 11) is -3.82. The van der Waals surface area contributed by atoms with Crippen LogP contribution in [-0.2, 0) is 9.84 Å². The number of sulfone groups is 1. The molecule has 1 aromatic heterocycles. The molecule has 0 aliphatic heterocycles. The van der Waals surface area contributed by atoms with Crippen molar-refractivity contribution in [2.24, 2.45) is 0 Å². The van der Waals surface area contributed by atoms with E-state index in [9.17, 15) is 13.2 Å². The third-order valence-electron chi connectivity index (χ3n) is 3.83. The van der Waals surface area contributed by atoms with Crippen LogP contribution < -0.4 is 5.32 Å². The van der Waals surface area contributed by atoms with Crippen molar-refractivity contribution in [2.45, 2.75) is 23.8 Å². The van der Waals surface area contributed by atoms with Crippen molar-refractivity contribution in [1.82, 2.24) is 0 Å². The van der Waals surface area contributed by atoms with Crippen LogP contribution in [-0.4, -0.2) is 14.3 Å². The normalized spacial score (nSPS) is 11.3. The van der Waals surface area contributed by atoms with Crippen LogP contribution in [0.25, 0.3) is 0 Å². The summed E-state index contributed by atoms with van der Waals surface area (Å²) in [6, 6.07) is 14.1. The molecule has 2 aromatic carbocycles. The predicted molar refractivity (Wildman–Crippen MR) is 99.5 cm³/mol. The molecule has 0 fully saturated rings. The van der Waals surface area contributed by atoms with Gasteiger partial charge < -0.3 is 9.73 Å². The summed E-state index contributed by atoms with van der Waals surface area (Å²) in [5, 5.41) is 2.86. The molecule has 0 saturated heterocycles. The van der Waals surface area contributed by atoms with Gasteiger partial charge in [-0.15, -0.1) is 0 Å². The highest BCUT2D eigenvalue weighted by Crippen LogP contribution is 2.24. The van der Waals surface area contributed by atoms with Gasteiger partial charge in [-0.25, -0.2) is 8.42 Å². The van der Waals surface area contributed by atoms with Gasteiger partial charge in [0, 0.05) is 10.7 Å². The number of hydrogen-bond donors (Lipinski definition) is 1. The van der Waals surface area contributed by atoms with E-state index in [1.165, 1.54) is 24.3 Å². The predicted octanol–water partition coefficient (Wildman–Crippen LogP) is 4.63. The fraction of sp³-hybridized carbons (Fsp3) is 0.105. The molecule has 134 valence electrons. The van der Waals surface area contributed by atoms with Crippen molar-refractivity contribution >= 4 is 33.0 Å². The Kier molecular flexibility index (Phi) is 4.89. The number of halogens is 1. The van der Waals surface area contributed by atoms with Crippen LogP contribution in [0.5, 0.6) is 0 Å². The van der Waals surface area contributed by atoms with Gasteiger partial charge in [-0.2, -0.15) is 0 Å². The second kappa shape index (κ2) is 6.97. The standard InChI is InChI=1S/C19H16ClNO4S/c1-12-3-7-15(8-4-12)26(23,24)18-10-9-17(25-18)19(22)21-14-6-5-13(2)16(20)11-14/h3-11H,1-2H3,(H,21,22). The van der Waals surface area contributed by atoms with E-state index in [0.717, 1.165) is 11.1 Å². The van der Waals surface area contributed by atoms with Crippen molar-refractivity contribution in [1.29, 1.82) is 0 Å². The summed E-state index contributed by atoms with van der Waals surface area (Å²) in [6.45, 7) is 3.71. The Hall–Kier alpha value is -2.57. The van der Waals surface area contributed by atoms with Gasteiger partial charge in [0.2, 0.25) is 14.9 Å². The second-order valence-electron chi connectivity index (χ2n) is 5.85. The number of carbonyl (C=O) groups excluding carboxylic acids is 1. The molecule has 1 amide bonds. The molecule has 5 nitrogen and oxygen atoms in total. The molecule has 0 bridgehead atoms. The van der Waals surface area contributed by atoms with Gasteiger partial charge in [0.15, 0.2) is 5.76 Å². The summed E-state index contributed by atoms with van der Waals surface area (Å²) >= 11 is 6.03. The van der Waals surface area contributed by atoms with Gasteiger partial charge in [0.05, 0.1) is 4.90 Å². The summed E-state index contributed by atoms with van der Waals surface area (Å²) in [6.07, 6.45) is 0. The number of rotatable bonds is 4. The van der Waals surface area contributed by atoms with Crippen LogP contribution in [0.2, 0.25) is 5.02 Å². The summed E-state index contributed by atoms with van der Waals surface area (Å²) in [5.74, 6) is -0.664. The maximum absolute atomic E-state index is 12.6. The monoisotopic (exact) mass is 389 g/mol. The van der Waals surface area contributed by atoms with E-state index in [0.29, 0.717) is 10.7 Å². The number of benzene rings is 2. The first kappa shape index (κ1) is 18.2. The van der Waals surface area contributed by atoms with Crippen LogP contribution >= 0.6 is 11.6 Å². The molecule has 0 aliphatic carbocycles. The molecule has 0 atom stereocenters. The zero-order chi connectivity index (χ0) is 18.9. The van der Waals surface area contributed by atoms with Crippen molar-refractivity contribution in [3.05, 3.63) is 76.5 Å². The third kappa shape index (κ3) is 3.66. The molecular formula is C19H16ClNO4S. The molecule has 0 saturated carbocycles. The number of anilines is 1. The minimum Gasteiger partial charge on any atom is -0.439 e. The van der Waals surface area contributed by atoms with E-state index < -0.39 is 15.7 Å². The number of hydrogen-bond acceptors (Lipinski definition) is 4. The number of nitrogens with one attached hydrogen (secondary N) is 1. The number of aryl methyl sites for hydroxylation is 2. The van der Waals surface area contributed by atoms with Crippen molar-refractivity contribution in [3.8, 4) is 0 Å². The van der Waals surface area contributed by atoms with Crippen LogP contribution in [0, 0.1) is 13.8 Å². The van der Waals surface area contributed by atoms with E-state index in [2.05, 4.69) is 5.32 Å². The van der Waals surface area contributed by atoms with Crippen LogP contribution in [0.15, 0.2) is 69.0 Å². The molecule has 26 heavy (non-hydrogen) atoms. The lowest BCUT2D eigenvalue weighted by Gasteiger charge is -2.05. The van der Waals surface area contributed by atoms with Crippen molar-refractivity contribution in [3.63, 3.8) is 0 Å². The minimum absolute atomic E-state index is 0.104. The Bertz CT molecular complexity index is 1070. The van der Waals surface area contributed by atoms with E-state index in [1.54, 1.807) is 30.3 Å². The Labute approximate surface area is 156 Å². The van der Waals surface area contributed by atoms with Gasteiger partial charge in [0.1, 0.15) is 0 Å². The number of furan rings is 1. The smallest absolute Gasteiger partial charge is 0.291 e. The highest BCUT2D eigenvalue weighted by molar-refractivity contribution is 7.91. The lowest BCUT2D eigenvalue weighted by atomic mass is 10.2. The fourth-order valence-corrected chi connectivity index (χ4v) is 3.64. The lowest BCUT2D eigenvalue weighted by molar-refractivity contribution is 0.0991. The van der Waals surface area contributed by atoms with Gasteiger partial charge in [-0.3, -0.25) is 4.79 Å². The average Bonchev–Trinajstić information content (AvgIpc) is 3.10. The lowest BCUT2D eigenvalue weighted by Crippen LogP contribution is -2.11. The van der Waals surface area contributed by atoms with Crippen LogP contribution in [0.3, 0.4) is 0 Å². The van der Waals surface area contributed by atoms with Gasteiger partial charge in [-0.1, -0.05) is 35.4 Å². The molecule has 0 spiro atoms. The number of amides is 1. The molecular weight excluding hydrogens is 374 g/mol. The Morgan fingerprint density at radius 2 is 1.69 bits per heavy atom. The first-order chi connectivity index (χ1) is 12.3. The third-order valence-corrected chi connectivity index (χ3v) is 5.88. The second-order valence-corrected chi connectivity index (χ2v) is 8.14. The zero-order valence-electron chi connectivity index (χ0n) is 14.1. The van der Waals surface area contributed by atoms with E-state index in [1.807, 2.05) is 13.8 Å². The minimum atomic E-state index is -3.82. The molecule has 0 aliphatic rings. The Morgan fingerprint density at radius 1 is 1.00 bits per heavy atom. The summed E-state index contributed by atoms with van der Waals surface area (Å²) < 4.78 is 30.4. The van der Waals surface area contributed by atoms with E-state index in [4.69, 9.17) is 16.0 Å². The van der Waals surface area contributed by atoms with Crippen LogP contribution in [0.4, 0.5) is 5.69 Å². The van der Waals surface area contributed by atoms with Gasteiger partial charge in [-0.05, 0) is 55.8 Å². The maximum Gasteiger partial charge on any atom is 0.291 e. The maximum atomic E-state index is 12.6. The molecule has 1 heterocycles. The quantitative estimate of drug-likeness (QED) is 0.705. The highest BCUT2D eigenvalue weighted by atomic mass is 35.5. The molecule has 7 heteroatoms. The summed E-state index contributed by atoms with van der Waals surface area (Å²) in [4.78, 5) is 12.4. The molecule has 0 unspecified atom stereocenters. The average molecular weight is 390 g/mol. The largest absolute Gasteiger partial charge is 0.439 e. The first-order valence-electron chi connectivity index (χ1n) is 7.76. The molecule has 3 rings (SSSR count). The Morgan fingerprint density at radius 3 is 2.35 bits per heavy atom. The van der Waals surface area contributed by atoms with E-state index in [-0.39, 0.29) is 15.7 Å². The highest BCUT2D eigenvalue weighted by Gasteiger charge is 2.23.